The number of carbonyl (C=O) groups excluding carboxylic acids is 1. The van der Waals surface area contributed by atoms with Gasteiger partial charge in [0.1, 0.15) is 5.65 Å². The predicted molar refractivity (Wildman–Crippen MR) is 92.4 cm³/mol. The number of ether oxygens (including phenoxy) is 1. The van der Waals surface area contributed by atoms with Crippen molar-refractivity contribution in [3.05, 3.63) is 70.6 Å². The Hall–Kier alpha value is -3.21. The number of fused-ring (bicyclic) bond motifs is 4. The van der Waals surface area contributed by atoms with Gasteiger partial charge in [-0.3, -0.25) is 9.20 Å². The summed E-state index contributed by atoms with van der Waals surface area (Å²) in [7, 11) is 0. The number of aromatic nitrogens is 2. The number of hydrogen-bond acceptors (Lipinski definition) is 4. The number of benzene rings is 2. The van der Waals surface area contributed by atoms with Crippen LogP contribution in [0.1, 0.15) is 17.3 Å². The molecule has 2 heterocycles. The molecule has 0 aliphatic heterocycles. The smallest absolute Gasteiger partial charge is 0.340 e. The molecule has 0 amide bonds. The van der Waals surface area contributed by atoms with E-state index in [1.807, 2.05) is 36.4 Å². The van der Waals surface area contributed by atoms with Crippen LogP contribution < -0.4 is 5.56 Å². The van der Waals surface area contributed by atoms with E-state index >= 15 is 0 Å². The van der Waals surface area contributed by atoms with E-state index in [4.69, 9.17) is 4.74 Å². The number of para-hydroxylation sites is 1. The maximum atomic E-state index is 12.8. The maximum Gasteiger partial charge on any atom is 0.340 e. The zero-order valence-corrected chi connectivity index (χ0v) is 13.0. The van der Waals surface area contributed by atoms with Crippen molar-refractivity contribution in [3.8, 4) is 0 Å². The second-order valence-corrected chi connectivity index (χ2v) is 5.44. The van der Waals surface area contributed by atoms with Gasteiger partial charge in [0.2, 0.25) is 0 Å². The molecule has 2 aromatic carbocycles. The van der Waals surface area contributed by atoms with E-state index in [9.17, 15) is 9.59 Å². The summed E-state index contributed by atoms with van der Waals surface area (Å²) in [5, 5.41) is 1.98. The molecule has 5 nitrogen and oxygen atoms in total. The average Bonchev–Trinajstić information content (AvgIpc) is 2.62. The number of nitrogens with zero attached hydrogens (tertiary/aromatic N) is 2. The molecular weight excluding hydrogens is 304 g/mol. The molecule has 0 bridgehead atoms. The number of pyridine rings is 1. The van der Waals surface area contributed by atoms with E-state index in [0.717, 1.165) is 10.8 Å². The molecule has 4 rings (SSSR count). The van der Waals surface area contributed by atoms with Gasteiger partial charge >= 0.3 is 5.97 Å². The quantitative estimate of drug-likeness (QED) is 0.323. The molecule has 0 spiro atoms. The van der Waals surface area contributed by atoms with Crippen molar-refractivity contribution in [2.45, 2.75) is 6.92 Å². The Morgan fingerprint density at radius 2 is 1.71 bits per heavy atom. The highest BCUT2D eigenvalue weighted by Crippen LogP contribution is 2.23. The lowest BCUT2D eigenvalue weighted by Crippen LogP contribution is -2.18. The molecule has 5 heteroatoms. The Kier molecular flexibility index (Phi) is 3.27. The van der Waals surface area contributed by atoms with E-state index in [0.29, 0.717) is 22.1 Å². The minimum Gasteiger partial charge on any atom is -0.462 e. The SMILES string of the molecule is CCOC(=O)c1cn2c(=O)c3ccccc3nc2c2ccccc12. The number of rotatable bonds is 2. The van der Waals surface area contributed by atoms with Gasteiger partial charge in [0, 0.05) is 17.0 Å². The van der Waals surface area contributed by atoms with Crippen LogP contribution in [0.15, 0.2) is 59.5 Å². The molecule has 0 saturated heterocycles. The Balaban J connectivity index is 2.22. The fraction of sp³-hybridized carbons (Fsp3) is 0.105. The molecule has 24 heavy (non-hydrogen) atoms. The lowest BCUT2D eigenvalue weighted by molar-refractivity contribution is 0.0528. The lowest BCUT2D eigenvalue weighted by atomic mass is 10.1. The average molecular weight is 318 g/mol. The second-order valence-electron chi connectivity index (χ2n) is 5.44. The van der Waals surface area contributed by atoms with E-state index in [1.54, 1.807) is 19.1 Å². The topological polar surface area (TPSA) is 60.7 Å². The summed E-state index contributed by atoms with van der Waals surface area (Å²) in [6.07, 6.45) is 1.53. The second kappa shape index (κ2) is 5.45. The van der Waals surface area contributed by atoms with Crippen LogP contribution in [0.25, 0.3) is 27.3 Å². The van der Waals surface area contributed by atoms with Gasteiger partial charge in [-0.1, -0.05) is 36.4 Å². The molecule has 0 N–H and O–H groups in total. The number of carbonyl (C=O) groups is 1. The molecule has 0 unspecified atom stereocenters. The van der Waals surface area contributed by atoms with Crippen LogP contribution in [0.2, 0.25) is 0 Å². The largest absolute Gasteiger partial charge is 0.462 e. The fourth-order valence-electron chi connectivity index (χ4n) is 2.94. The molecule has 4 aromatic rings. The minimum atomic E-state index is -0.448. The number of esters is 1. The molecule has 118 valence electrons. The van der Waals surface area contributed by atoms with E-state index < -0.39 is 5.97 Å². The van der Waals surface area contributed by atoms with Crippen LogP contribution >= 0.6 is 0 Å². The summed E-state index contributed by atoms with van der Waals surface area (Å²) in [5.41, 5.74) is 1.32. The van der Waals surface area contributed by atoms with Crippen molar-refractivity contribution < 1.29 is 9.53 Å². The first-order chi connectivity index (χ1) is 11.7. The fourth-order valence-corrected chi connectivity index (χ4v) is 2.94. The van der Waals surface area contributed by atoms with E-state index in [2.05, 4.69) is 4.98 Å². The summed E-state index contributed by atoms with van der Waals surface area (Å²) in [5.74, 6) is -0.448. The van der Waals surface area contributed by atoms with Crippen LogP contribution in [-0.2, 0) is 4.74 Å². The Morgan fingerprint density at radius 1 is 1.04 bits per heavy atom. The minimum absolute atomic E-state index is 0.202. The van der Waals surface area contributed by atoms with Crippen molar-refractivity contribution in [2.24, 2.45) is 0 Å². The Morgan fingerprint density at radius 3 is 2.46 bits per heavy atom. The van der Waals surface area contributed by atoms with Gasteiger partial charge in [0.05, 0.1) is 23.1 Å². The van der Waals surface area contributed by atoms with Crippen molar-refractivity contribution in [1.29, 1.82) is 0 Å². The summed E-state index contributed by atoms with van der Waals surface area (Å²) in [6.45, 7) is 2.03. The van der Waals surface area contributed by atoms with Gasteiger partial charge < -0.3 is 4.74 Å². The van der Waals surface area contributed by atoms with Crippen molar-refractivity contribution in [3.63, 3.8) is 0 Å². The lowest BCUT2D eigenvalue weighted by Gasteiger charge is -2.11. The third-order valence-corrected chi connectivity index (χ3v) is 4.02. The Bertz CT molecular complexity index is 1160. The highest BCUT2D eigenvalue weighted by atomic mass is 16.5. The molecule has 0 radical (unpaired) electrons. The molecular formula is C19H14N2O3. The Labute approximate surface area is 137 Å². The van der Waals surface area contributed by atoms with Crippen LogP contribution in [-0.4, -0.2) is 22.0 Å². The van der Waals surface area contributed by atoms with Crippen LogP contribution in [0.4, 0.5) is 0 Å². The van der Waals surface area contributed by atoms with Gasteiger partial charge in [-0.25, -0.2) is 9.78 Å². The standard InChI is InChI=1S/C19H14N2O3/c1-2-24-19(23)15-11-21-17(13-8-4-3-7-12(13)15)20-16-10-6-5-9-14(16)18(21)22/h3-11H,2H2,1H3. The maximum absolute atomic E-state index is 12.8. The zero-order valence-electron chi connectivity index (χ0n) is 13.0. The molecule has 0 aliphatic rings. The number of hydrogen-bond donors (Lipinski definition) is 0. The summed E-state index contributed by atoms with van der Waals surface area (Å²) >= 11 is 0. The normalized spacial score (nSPS) is 11.2. The van der Waals surface area contributed by atoms with Crippen LogP contribution in [0.5, 0.6) is 0 Å². The molecule has 0 fully saturated rings. The third kappa shape index (κ3) is 2.06. The monoisotopic (exact) mass is 318 g/mol. The van der Waals surface area contributed by atoms with E-state index in [-0.39, 0.29) is 12.2 Å². The molecule has 2 aromatic heterocycles. The van der Waals surface area contributed by atoms with Gasteiger partial charge in [-0.15, -0.1) is 0 Å². The van der Waals surface area contributed by atoms with Crippen molar-refractivity contribution in [1.82, 2.24) is 9.38 Å². The summed E-state index contributed by atoms with van der Waals surface area (Å²) in [4.78, 5) is 29.8. The first-order valence-electron chi connectivity index (χ1n) is 7.70. The van der Waals surface area contributed by atoms with Gasteiger partial charge in [0.25, 0.3) is 5.56 Å². The summed E-state index contributed by atoms with van der Waals surface area (Å²) in [6, 6.07) is 14.6. The van der Waals surface area contributed by atoms with Gasteiger partial charge in [-0.2, -0.15) is 0 Å². The zero-order chi connectivity index (χ0) is 16.7. The predicted octanol–water partition coefficient (Wildman–Crippen LogP) is 3.18. The van der Waals surface area contributed by atoms with Gasteiger partial charge in [0.15, 0.2) is 0 Å². The molecule has 0 aliphatic carbocycles. The molecule has 0 saturated carbocycles. The first-order valence-corrected chi connectivity index (χ1v) is 7.70. The first kappa shape index (κ1) is 14.4. The van der Waals surface area contributed by atoms with Crippen LogP contribution in [0, 0.1) is 0 Å². The molecule has 0 atom stereocenters. The van der Waals surface area contributed by atoms with Crippen molar-refractivity contribution in [2.75, 3.05) is 6.61 Å². The van der Waals surface area contributed by atoms with Gasteiger partial charge in [-0.05, 0) is 19.1 Å². The van der Waals surface area contributed by atoms with Crippen LogP contribution in [0.3, 0.4) is 0 Å². The highest BCUT2D eigenvalue weighted by molar-refractivity contribution is 6.08. The summed E-state index contributed by atoms with van der Waals surface area (Å²) < 4.78 is 6.57. The van der Waals surface area contributed by atoms with Crippen molar-refractivity contribution >= 4 is 33.3 Å². The third-order valence-electron chi connectivity index (χ3n) is 4.02. The van der Waals surface area contributed by atoms with E-state index in [1.165, 1.54) is 10.6 Å². The highest BCUT2D eigenvalue weighted by Gasteiger charge is 2.16.